The van der Waals surface area contributed by atoms with Gasteiger partial charge in [0.25, 0.3) is 0 Å². The summed E-state index contributed by atoms with van der Waals surface area (Å²) in [5.41, 5.74) is 5.17. The molecule has 3 aromatic carbocycles. The number of benzene rings is 3. The molecule has 3 nitrogen and oxygen atoms in total. The van der Waals surface area contributed by atoms with Gasteiger partial charge in [-0.1, -0.05) is 112 Å². The van der Waals surface area contributed by atoms with Gasteiger partial charge in [0.05, 0.1) is 18.6 Å². The van der Waals surface area contributed by atoms with Gasteiger partial charge in [0, 0.05) is 5.69 Å². The molecular formula is C30H36N2OSi. The summed E-state index contributed by atoms with van der Waals surface area (Å²) in [6, 6.07) is 32.2. The Balaban J connectivity index is 1.91. The van der Waals surface area contributed by atoms with Crippen molar-refractivity contribution >= 4 is 8.32 Å². The van der Waals surface area contributed by atoms with E-state index in [1.807, 2.05) is 6.33 Å². The number of rotatable bonds is 7. The zero-order valence-electron chi connectivity index (χ0n) is 21.2. The third-order valence-corrected chi connectivity index (χ3v) is 11.9. The highest BCUT2D eigenvalue weighted by atomic mass is 28.4. The monoisotopic (exact) mass is 468 g/mol. The fraction of sp³-hybridized carbons (Fsp3) is 0.300. The second-order valence-electron chi connectivity index (χ2n) is 10.5. The second-order valence-corrected chi connectivity index (χ2v) is 15.3. The lowest BCUT2D eigenvalue weighted by Gasteiger charge is -2.38. The maximum absolute atomic E-state index is 6.57. The number of nitrogens with zero attached hydrogens (tertiary/aromatic N) is 2. The lowest BCUT2D eigenvalue weighted by Crippen LogP contribution is -2.40. The molecule has 0 fully saturated rings. The number of imidazole rings is 1. The van der Waals surface area contributed by atoms with Crippen LogP contribution >= 0.6 is 0 Å². The summed E-state index contributed by atoms with van der Waals surface area (Å²) in [6.45, 7) is 14.1. The minimum absolute atomic E-state index is 0.158. The van der Waals surface area contributed by atoms with Crippen molar-refractivity contribution in [1.29, 1.82) is 0 Å². The Labute approximate surface area is 205 Å². The quantitative estimate of drug-likeness (QED) is 0.207. The fourth-order valence-electron chi connectivity index (χ4n) is 4.35. The van der Waals surface area contributed by atoms with Crippen molar-refractivity contribution < 1.29 is 4.43 Å². The Bertz CT molecular complexity index is 1110. The van der Waals surface area contributed by atoms with Crippen LogP contribution in [0.25, 0.3) is 0 Å². The standard InChI is InChI=1S/C30H36N2OSi/c1-24-28(22-33-34(5,6)29(2,3)4)31-23-32(24)30(25-16-10-7-11-17-25,26-18-12-8-13-19-26)27-20-14-9-15-21-27/h7-21,23H,22H2,1-6H3. The van der Waals surface area contributed by atoms with E-state index >= 15 is 0 Å². The molecular weight excluding hydrogens is 432 g/mol. The molecule has 4 aromatic rings. The van der Waals surface area contributed by atoms with Gasteiger partial charge < -0.3 is 8.99 Å². The Morgan fingerprint density at radius 1 is 0.735 bits per heavy atom. The van der Waals surface area contributed by atoms with Crippen LogP contribution in [0.4, 0.5) is 0 Å². The lowest BCUT2D eigenvalue weighted by atomic mass is 9.76. The predicted octanol–water partition coefficient (Wildman–Crippen LogP) is 7.55. The molecule has 34 heavy (non-hydrogen) atoms. The predicted molar refractivity (Wildman–Crippen MR) is 144 cm³/mol. The summed E-state index contributed by atoms with van der Waals surface area (Å²) in [4.78, 5) is 4.90. The molecule has 1 heterocycles. The molecule has 0 spiro atoms. The van der Waals surface area contributed by atoms with Crippen LogP contribution < -0.4 is 0 Å². The van der Waals surface area contributed by atoms with Gasteiger partial charge in [0.1, 0.15) is 5.54 Å². The molecule has 0 amide bonds. The van der Waals surface area contributed by atoms with Crippen molar-refractivity contribution in [3.8, 4) is 0 Å². The van der Waals surface area contributed by atoms with Crippen molar-refractivity contribution in [3.63, 3.8) is 0 Å². The SMILES string of the molecule is Cc1c(CO[Si](C)(C)C(C)(C)C)ncn1C(c1ccccc1)(c1ccccc1)c1ccccc1. The van der Waals surface area contributed by atoms with Gasteiger partial charge in [-0.15, -0.1) is 0 Å². The largest absolute Gasteiger partial charge is 0.411 e. The molecule has 0 saturated heterocycles. The molecule has 176 valence electrons. The summed E-state index contributed by atoms with van der Waals surface area (Å²) in [6.07, 6.45) is 1.99. The molecule has 4 heteroatoms. The van der Waals surface area contributed by atoms with E-state index in [4.69, 9.17) is 9.41 Å². The van der Waals surface area contributed by atoms with E-state index in [0.29, 0.717) is 6.61 Å². The molecule has 0 aliphatic heterocycles. The molecule has 0 unspecified atom stereocenters. The number of hydrogen-bond donors (Lipinski definition) is 0. The summed E-state index contributed by atoms with van der Waals surface area (Å²) >= 11 is 0. The van der Waals surface area contributed by atoms with Crippen LogP contribution in [0, 0.1) is 6.92 Å². The Morgan fingerprint density at radius 2 is 1.15 bits per heavy atom. The van der Waals surface area contributed by atoms with E-state index in [2.05, 4.69) is 136 Å². The Hall–Kier alpha value is -2.95. The summed E-state index contributed by atoms with van der Waals surface area (Å²) < 4.78 is 8.90. The van der Waals surface area contributed by atoms with E-state index in [-0.39, 0.29) is 5.04 Å². The third-order valence-electron chi connectivity index (χ3n) is 7.42. The molecule has 0 radical (unpaired) electrons. The zero-order chi connectivity index (χ0) is 24.4. The van der Waals surface area contributed by atoms with Gasteiger partial charge >= 0.3 is 0 Å². The molecule has 1 aromatic heterocycles. The van der Waals surface area contributed by atoms with Crippen LogP contribution in [0.15, 0.2) is 97.3 Å². The first kappa shape index (κ1) is 24.2. The molecule has 0 aliphatic rings. The van der Waals surface area contributed by atoms with Crippen LogP contribution in [0.3, 0.4) is 0 Å². The molecule has 0 N–H and O–H groups in total. The highest BCUT2D eigenvalue weighted by Gasteiger charge is 2.40. The molecule has 0 aliphatic carbocycles. The van der Waals surface area contributed by atoms with Gasteiger partial charge in [0.15, 0.2) is 8.32 Å². The van der Waals surface area contributed by atoms with Crippen molar-refractivity contribution in [2.75, 3.05) is 0 Å². The Morgan fingerprint density at radius 3 is 1.53 bits per heavy atom. The van der Waals surface area contributed by atoms with E-state index in [9.17, 15) is 0 Å². The Kier molecular flexibility index (Phi) is 6.66. The number of aromatic nitrogens is 2. The highest BCUT2D eigenvalue weighted by Crippen LogP contribution is 2.42. The smallest absolute Gasteiger partial charge is 0.192 e. The fourth-order valence-corrected chi connectivity index (χ4v) is 5.28. The van der Waals surface area contributed by atoms with Gasteiger partial charge in [0.2, 0.25) is 0 Å². The van der Waals surface area contributed by atoms with E-state index < -0.39 is 13.9 Å². The second kappa shape index (κ2) is 9.36. The van der Waals surface area contributed by atoms with Crippen LogP contribution in [0.2, 0.25) is 18.1 Å². The molecule has 0 bridgehead atoms. The lowest BCUT2D eigenvalue weighted by molar-refractivity contribution is 0.271. The summed E-state index contributed by atoms with van der Waals surface area (Å²) in [7, 11) is -1.89. The maximum Gasteiger partial charge on any atom is 0.192 e. The van der Waals surface area contributed by atoms with Crippen LogP contribution in [-0.4, -0.2) is 17.9 Å². The molecule has 0 atom stereocenters. The average molecular weight is 469 g/mol. The van der Waals surface area contributed by atoms with Gasteiger partial charge in [-0.2, -0.15) is 0 Å². The third kappa shape index (κ3) is 4.28. The van der Waals surface area contributed by atoms with Gasteiger partial charge in [-0.3, -0.25) is 0 Å². The summed E-state index contributed by atoms with van der Waals surface area (Å²) in [5, 5.41) is 0.158. The average Bonchev–Trinajstić information content (AvgIpc) is 3.20. The number of hydrogen-bond acceptors (Lipinski definition) is 2. The van der Waals surface area contributed by atoms with E-state index in [0.717, 1.165) is 11.4 Å². The van der Waals surface area contributed by atoms with E-state index in [1.54, 1.807) is 0 Å². The van der Waals surface area contributed by atoms with Crippen LogP contribution in [-0.2, 0) is 16.6 Å². The molecule has 4 rings (SSSR count). The highest BCUT2D eigenvalue weighted by molar-refractivity contribution is 6.74. The van der Waals surface area contributed by atoms with Gasteiger partial charge in [-0.05, 0) is 41.7 Å². The van der Waals surface area contributed by atoms with E-state index in [1.165, 1.54) is 16.7 Å². The van der Waals surface area contributed by atoms with Crippen molar-refractivity contribution in [2.24, 2.45) is 0 Å². The first-order chi connectivity index (χ1) is 16.2. The zero-order valence-corrected chi connectivity index (χ0v) is 22.2. The first-order valence-corrected chi connectivity index (χ1v) is 14.9. The van der Waals surface area contributed by atoms with Gasteiger partial charge in [-0.25, -0.2) is 4.98 Å². The minimum atomic E-state index is -1.89. The molecule has 0 saturated carbocycles. The maximum atomic E-state index is 6.57. The van der Waals surface area contributed by atoms with Crippen molar-refractivity contribution in [3.05, 3.63) is 125 Å². The van der Waals surface area contributed by atoms with Crippen LogP contribution in [0.5, 0.6) is 0 Å². The van der Waals surface area contributed by atoms with Crippen molar-refractivity contribution in [2.45, 2.75) is 58.0 Å². The van der Waals surface area contributed by atoms with Crippen LogP contribution in [0.1, 0.15) is 48.8 Å². The topological polar surface area (TPSA) is 27.1 Å². The summed E-state index contributed by atoms with van der Waals surface area (Å²) in [5.74, 6) is 0. The minimum Gasteiger partial charge on any atom is -0.411 e. The van der Waals surface area contributed by atoms with Crippen molar-refractivity contribution in [1.82, 2.24) is 9.55 Å². The normalized spacial score (nSPS) is 12.6. The first-order valence-electron chi connectivity index (χ1n) is 12.0.